The van der Waals surface area contributed by atoms with Gasteiger partial charge < -0.3 is 14.0 Å². The molecule has 0 saturated carbocycles. The number of ether oxygens (including phenoxy) is 2. The van der Waals surface area contributed by atoms with Crippen LogP contribution in [-0.2, 0) is 16.7 Å². The molecule has 0 aliphatic carbocycles. The van der Waals surface area contributed by atoms with Gasteiger partial charge in [0.1, 0.15) is 16.9 Å². The largest absolute Gasteiger partial charge is 0.496 e. The second-order valence-electron chi connectivity index (χ2n) is 8.13. The monoisotopic (exact) mass is 414 g/mol. The summed E-state index contributed by atoms with van der Waals surface area (Å²) < 4.78 is 16.9. The molecule has 29 heavy (non-hydrogen) atoms. The predicted molar refractivity (Wildman–Crippen MR) is 111 cm³/mol. The molecular formula is C21H26N4O3S. The quantitative estimate of drug-likeness (QED) is 0.623. The number of hydrogen-bond acceptors (Lipinski definition) is 8. The molecule has 154 valence electrons. The minimum absolute atomic E-state index is 0.0264. The normalized spacial score (nSPS) is 18.1. The van der Waals surface area contributed by atoms with Crippen LogP contribution in [0, 0.1) is 0 Å². The second kappa shape index (κ2) is 8.22. The molecule has 0 bridgehead atoms. The van der Waals surface area contributed by atoms with Crippen LogP contribution in [0.4, 0.5) is 0 Å². The van der Waals surface area contributed by atoms with Crippen LogP contribution in [-0.4, -0.2) is 46.8 Å². The molecule has 1 aromatic carbocycles. The van der Waals surface area contributed by atoms with Crippen LogP contribution >= 0.6 is 11.3 Å². The van der Waals surface area contributed by atoms with Crippen LogP contribution in [0.5, 0.6) is 5.75 Å². The molecule has 0 spiro atoms. The van der Waals surface area contributed by atoms with Crippen molar-refractivity contribution in [3.05, 3.63) is 46.2 Å². The Morgan fingerprint density at radius 1 is 1.24 bits per heavy atom. The molecule has 1 atom stereocenters. The van der Waals surface area contributed by atoms with Crippen molar-refractivity contribution in [2.45, 2.75) is 38.8 Å². The van der Waals surface area contributed by atoms with E-state index in [0.717, 1.165) is 35.1 Å². The molecule has 3 heterocycles. The number of aromatic nitrogens is 3. The van der Waals surface area contributed by atoms with Crippen LogP contribution in [0.3, 0.4) is 0 Å². The van der Waals surface area contributed by atoms with E-state index in [1.54, 1.807) is 18.4 Å². The molecule has 0 N–H and O–H groups in total. The van der Waals surface area contributed by atoms with Gasteiger partial charge in [-0.25, -0.2) is 4.98 Å². The van der Waals surface area contributed by atoms with Crippen LogP contribution in [0.1, 0.15) is 43.5 Å². The first-order chi connectivity index (χ1) is 13.9. The summed E-state index contributed by atoms with van der Waals surface area (Å²) in [5.41, 5.74) is 1.97. The lowest BCUT2D eigenvalue weighted by molar-refractivity contribution is -0.0357. The van der Waals surface area contributed by atoms with Crippen molar-refractivity contribution in [2.24, 2.45) is 0 Å². The zero-order valence-corrected chi connectivity index (χ0v) is 18.0. The molecule has 8 heteroatoms. The lowest BCUT2D eigenvalue weighted by Crippen LogP contribution is -2.37. The summed E-state index contributed by atoms with van der Waals surface area (Å²) in [6.45, 7) is 9.34. The van der Waals surface area contributed by atoms with Gasteiger partial charge in [0.05, 0.1) is 31.5 Å². The van der Waals surface area contributed by atoms with Gasteiger partial charge in [0.25, 0.3) is 0 Å². The molecule has 4 rings (SSSR count). The number of rotatable bonds is 5. The SMILES string of the molecule is COc1ccccc1-c1noc(CN2CCOC(c3nc(C(C)(C)C)cs3)C2)n1. The van der Waals surface area contributed by atoms with Gasteiger partial charge in [-0.3, -0.25) is 4.90 Å². The third-order valence-electron chi connectivity index (χ3n) is 4.89. The van der Waals surface area contributed by atoms with E-state index in [0.29, 0.717) is 24.9 Å². The Hall–Kier alpha value is -2.29. The fraction of sp³-hybridized carbons (Fsp3) is 0.476. The Bertz CT molecular complexity index is 963. The summed E-state index contributed by atoms with van der Waals surface area (Å²) in [4.78, 5) is 11.6. The maximum absolute atomic E-state index is 5.99. The average Bonchev–Trinajstić information content (AvgIpc) is 3.38. The van der Waals surface area contributed by atoms with Gasteiger partial charge in [-0.15, -0.1) is 11.3 Å². The molecule has 0 amide bonds. The summed E-state index contributed by atoms with van der Waals surface area (Å²) in [5, 5.41) is 7.30. The summed E-state index contributed by atoms with van der Waals surface area (Å²) in [6.07, 6.45) is -0.0264. The minimum atomic E-state index is -0.0264. The van der Waals surface area contributed by atoms with Gasteiger partial charge in [-0.2, -0.15) is 4.98 Å². The molecule has 2 aromatic heterocycles. The Morgan fingerprint density at radius 3 is 2.83 bits per heavy atom. The first kappa shape index (κ1) is 20.0. The number of methoxy groups -OCH3 is 1. The summed E-state index contributed by atoms with van der Waals surface area (Å²) in [6, 6.07) is 7.66. The van der Waals surface area contributed by atoms with Crippen LogP contribution in [0.2, 0.25) is 0 Å². The molecule has 1 unspecified atom stereocenters. The van der Waals surface area contributed by atoms with E-state index in [9.17, 15) is 0 Å². The zero-order valence-electron chi connectivity index (χ0n) is 17.2. The van der Waals surface area contributed by atoms with Gasteiger partial charge in [0, 0.05) is 23.9 Å². The molecule has 7 nitrogen and oxygen atoms in total. The highest BCUT2D eigenvalue weighted by Gasteiger charge is 2.27. The molecule has 1 aliphatic rings. The van der Waals surface area contributed by atoms with Crippen molar-refractivity contribution in [2.75, 3.05) is 26.8 Å². The Labute approximate surface area is 174 Å². The summed E-state index contributed by atoms with van der Waals surface area (Å²) in [7, 11) is 1.64. The summed E-state index contributed by atoms with van der Waals surface area (Å²) >= 11 is 1.67. The average molecular weight is 415 g/mol. The topological polar surface area (TPSA) is 73.5 Å². The van der Waals surface area contributed by atoms with Crippen molar-refractivity contribution < 1.29 is 14.0 Å². The minimum Gasteiger partial charge on any atom is -0.496 e. The van der Waals surface area contributed by atoms with Crippen molar-refractivity contribution >= 4 is 11.3 Å². The van der Waals surface area contributed by atoms with Gasteiger partial charge in [0.15, 0.2) is 0 Å². The molecule has 1 saturated heterocycles. The first-order valence-corrected chi connectivity index (χ1v) is 10.6. The number of para-hydroxylation sites is 1. The van der Waals surface area contributed by atoms with Gasteiger partial charge in [0.2, 0.25) is 11.7 Å². The number of hydrogen-bond donors (Lipinski definition) is 0. The molecule has 0 radical (unpaired) electrons. The molecule has 1 aliphatic heterocycles. The predicted octanol–water partition coefficient (Wildman–Crippen LogP) is 4.07. The zero-order chi connectivity index (χ0) is 20.4. The van der Waals surface area contributed by atoms with Crippen LogP contribution in [0.25, 0.3) is 11.4 Å². The van der Waals surface area contributed by atoms with E-state index in [-0.39, 0.29) is 11.5 Å². The maximum atomic E-state index is 5.99. The van der Waals surface area contributed by atoms with Crippen LogP contribution in [0.15, 0.2) is 34.2 Å². The number of thiazole rings is 1. The molecule has 3 aromatic rings. The van der Waals surface area contributed by atoms with Crippen molar-refractivity contribution in [3.8, 4) is 17.1 Å². The lowest BCUT2D eigenvalue weighted by atomic mass is 9.93. The fourth-order valence-corrected chi connectivity index (χ4v) is 4.31. The van der Waals surface area contributed by atoms with E-state index in [1.807, 2.05) is 24.3 Å². The smallest absolute Gasteiger partial charge is 0.241 e. The number of morpholine rings is 1. The molecular weight excluding hydrogens is 388 g/mol. The third-order valence-corrected chi connectivity index (χ3v) is 5.83. The van der Waals surface area contributed by atoms with E-state index < -0.39 is 0 Å². The maximum Gasteiger partial charge on any atom is 0.241 e. The van der Waals surface area contributed by atoms with Crippen molar-refractivity contribution in [3.63, 3.8) is 0 Å². The van der Waals surface area contributed by atoms with Gasteiger partial charge >= 0.3 is 0 Å². The number of benzene rings is 1. The lowest BCUT2D eigenvalue weighted by Gasteiger charge is -2.30. The van der Waals surface area contributed by atoms with Crippen molar-refractivity contribution in [1.82, 2.24) is 20.0 Å². The highest BCUT2D eigenvalue weighted by atomic mass is 32.1. The Balaban J connectivity index is 1.44. The summed E-state index contributed by atoms with van der Waals surface area (Å²) in [5.74, 6) is 1.85. The standard InChI is InChI=1S/C21H26N4O3S/c1-21(2,3)17-13-29-20(22-17)16-11-25(9-10-27-16)12-18-23-19(24-28-18)14-7-5-6-8-15(14)26-4/h5-8,13,16H,9-12H2,1-4H3. The Morgan fingerprint density at radius 2 is 2.07 bits per heavy atom. The first-order valence-electron chi connectivity index (χ1n) is 9.70. The highest BCUT2D eigenvalue weighted by Crippen LogP contribution is 2.31. The van der Waals surface area contributed by atoms with E-state index >= 15 is 0 Å². The second-order valence-corrected chi connectivity index (χ2v) is 9.02. The van der Waals surface area contributed by atoms with E-state index in [1.165, 1.54) is 0 Å². The molecule has 1 fully saturated rings. The number of nitrogens with zero attached hydrogens (tertiary/aromatic N) is 4. The Kier molecular flexibility index (Phi) is 5.67. The van der Waals surface area contributed by atoms with E-state index in [4.69, 9.17) is 19.0 Å². The van der Waals surface area contributed by atoms with Gasteiger partial charge in [-0.1, -0.05) is 38.1 Å². The third kappa shape index (κ3) is 4.49. The van der Waals surface area contributed by atoms with Crippen molar-refractivity contribution in [1.29, 1.82) is 0 Å². The highest BCUT2D eigenvalue weighted by molar-refractivity contribution is 7.09. The van der Waals surface area contributed by atoms with E-state index in [2.05, 4.69) is 41.2 Å². The fourth-order valence-electron chi connectivity index (χ4n) is 3.22. The van der Waals surface area contributed by atoms with Gasteiger partial charge in [-0.05, 0) is 12.1 Å². The van der Waals surface area contributed by atoms with Crippen LogP contribution < -0.4 is 4.74 Å².